The minimum atomic E-state index is 0.758. The van der Waals surface area contributed by atoms with Gasteiger partial charge >= 0.3 is 0 Å². The highest BCUT2D eigenvalue weighted by molar-refractivity contribution is 6.02. The zero-order valence-electron chi connectivity index (χ0n) is 17.6. The molecule has 3 heteroatoms. The number of rotatable bonds is 4. The van der Waals surface area contributed by atoms with Crippen molar-refractivity contribution < 1.29 is 9.47 Å². The van der Waals surface area contributed by atoms with Gasteiger partial charge in [-0.3, -0.25) is 0 Å². The smallest absolute Gasteiger partial charge is 0.119 e. The number of ether oxygens (including phenoxy) is 2. The summed E-state index contributed by atoms with van der Waals surface area (Å²) in [5.74, 6) is 1.70. The molecule has 0 amide bonds. The second-order valence-electron chi connectivity index (χ2n) is 7.59. The Labute approximate surface area is 181 Å². The molecule has 31 heavy (non-hydrogen) atoms. The van der Waals surface area contributed by atoms with E-state index in [4.69, 9.17) is 15.2 Å². The van der Waals surface area contributed by atoms with Crippen molar-refractivity contribution in [1.29, 1.82) is 0 Å². The highest BCUT2D eigenvalue weighted by Crippen LogP contribution is 2.38. The molecule has 0 aliphatic rings. The standard InChI is InChI=1S/C28H23NO2/c1-30-21-10-12-24-18(15-21)5-3-7-23(24)20-9-14-28(29)27(17-20)26-8-4-6-19-16-22(31-2)11-13-25(19)26/h3-17H,29H2,1-2H3. The number of fused-ring (bicyclic) bond motifs is 2. The zero-order valence-corrected chi connectivity index (χ0v) is 17.6. The fraction of sp³-hybridized carbons (Fsp3) is 0.0714. The van der Waals surface area contributed by atoms with Crippen molar-refractivity contribution in [1.82, 2.24) is 0 Å². The van der Waals surface area contributed by atoms with Crippen LogP contribution in [0.3, 0.4) is 0 Å². The monoisotopic (exact) mass is 405 g/mol. The highest BCUT2D eigenvalue weighted by Gasteiger charge is 2.11. The molecular formula is C28H23NO2. The van der Waals surface area contributed by atoms with E-state index < -0.39 is 0 Å². The Morgan fingerprint density at radius 2 is 1.13 bits per heavy atom. The quantitative estimate of drug-likeness (QED) is 0.330. The molecular weight excluding hydrogens is 382 g/mol. The molecule has 0 saturated heterocycles. The topological polar surface area (TPSA) is 44.5 Å². The summed E-state index contributed by atoms with van der Waals surface area (Å²) < 4.78 is 10.8. The van der Waals surface area contributed by atoms with Gasteiger partial charge in [0, 0.05) is 11.3 Å². The van der Waals surface area contributed by atoms with E-state index >= 15 is 0 Å². The molecule has 2 N–H and O–H groups in total. The van der Waals surface area contributed by atoms with Gasteiger partial charge in [0.05, 0.1) is 14.2 Å². The fourth-order valence-corrected chi connectivity index (χ4v) is 4.22. The number of hydrogen-bond donors (Lipinski definition) is 1. The van der Waals surface area contributed by atoms with Crippen LogP contribution in [-0.2, 0) is 0 Å². The molecule has 0 spiro atoms. The average Bonchev–Trinajstić information content (AvgIpc) is 2.83. The van der Waals surface area contributed by atoms with Crippen LogP contribution in [0.2, 0.25) is 0 Å². The van der Waals surface area contributed by atoms with E-state index in [1.54, 1.807) is 14.2 Å². The maximum atomic E-state index is 6.46. The van der Waals surface area contributed by atoms with E-state index in [2.05, 4.69) is 72.8 Å². The average molecular weight is 405 g/mol. The minimum Gasteiger partial charge on any atom is -0.497 e. The molecule has 0 aliphatic heterocycles. The third-order valence-corrected chi connectivity index (χ3v) is 5.83. The van der Waals surface area contributed by atoms with Gasteiger partial charge in [-0.25, -0.2) is 0 Å². The van der Waals surface area contributed by atoms with Gasteiger partial charge in [0.25, 0.3) is 0 Å². The van der Waals surface area contributed by atoms with Crippen LogP contribution >= 0.6 is 0 Å². The highest BCUT2D eigenvalue weighted by atomic mass is 16.5. The Balaban J connectivity index is 1.70. The maximum Gasteiger partial charge on any atom is 0.119 e. The summed E-state index contributed by atoms with van der Waals surface area (Å²) in [6, 6.07) is 31.2. The number of nitrogens with two attached hydrogens (primary N) is 1. The number of nitrogen functional groups attached to an aromatic ring is 1. The molecule has 5 rings (SSSR count). The van der Waals surface area contributed by atoms with Gasteiger partial charge in [-0.15, -0.1) is 0 Å². The first-order valence-corrected chi connectivity index (χ1v) is 10.2. The first kappa shape index (κ1) is 19.0. The van der Waals surface area contributed by atoms with Gasteiger partial charge < -0.3 is 15.2 Å². The maximum absolute atomic E-state index is 6.46. The summed E-state index contributed by atoms with van der Waals surface area (Å²) in [6.07, 6.45) is 0. The van der Waals surface area contributed by atoms with E-state index in [-0.39, 0.29) is 0 Å². The zero-order chi connectivity index (χ0) is 21.4. The fourth-order valence-electron chi connectivity index (χ4n) is 4.22. The van der Waals surface area contributed by atoms with Crippen molar-refractivity contribution in [3.8, 4) is 33.8 Å². The van der Waals surface area contributed by atoms with E-state index in [1.165, 1.54) is 10.9 Å². The van der Waals surface area contributed by atoms with Gasteiger partial charge in [0.1, 0.15) is 11.5 Å². The molecule has 3 nitrogen and oxygen atoms in total. The van der Waals surface area contributed by atoms with Crippen molar-refractivity contribution in [2.24, 2.45) is 0 Å². The van der Waals surface area contributed by atoms with Crippen LogP contribution in [0.15, 0.2) is 91.0 Å². The summed E-state index contributed by atoms with van der Waals surface area (Å²) in [5.41, 5.74) is 11.7. The molecule has 0 bridgehead atoms. The van der Waals surface area contributed by atoms with Crippen LogP contribution in [0, 0.1) is 0 Å². The molecule has 0 saturated carbocycles. The number of methoxy groups -OCH3 is 2. The molecule has 0 aromatic heterocycles. The van der Waals surface area contributed by atoms with Gasteiger partial charge in [0.15, 0.2) is 0 Å². The number of hydrogen-bond acceptors (Lipinski definition) is 3. The molecule has 5 aromatic rings. The Kier molecular flexibility index (Phi) is 4.72. The van der Waals surface area contributed by atoms with Crippen LogP contribution in [0.25, 0.3) is 43.8 Å². The van der Waals surface area contributed by atoms with Gasteiger partial charge in [0.2, 0.25) is 0 Å². The predicted molar refractivity (Wildman–Crippen MR) is 130 cm³/mol. The second-order valence-corrected chi connectivity index (χ2v) is 7.59. The van der Waals surface area contributed by atoms with E-state index in [0.29, 0.717) is 0 Å². The predicted octanol–water partition coefficient (Wildman–Crippen LogP) is 6.93. The van der Waals surface area contributed by atoms with Crippen LogP contribution in [-0.4, -0.2) is 14.2 Å². The van der Waals surface area contributed by atoms with E-state index in [9.17, 15) is 0 Å². The van der Waals surface area contributed by atoms with Crippen LogP contribution in [0.1, 0.15) is 0 Å². The van der Waals surface area contributed by atoms with Crippen LogP contribution in [0.5, 0.6) is 11.5 Å². The largest absolute Gasteiger partial charge is 0.497 e. The molecule has 0 radical (unpaired) electrons. The Morgan fingerprint density at radius 1 is 0.548 bits per heavy atom. The van der Waals surface area contributed by atoms with Crippen LogP contribution < -0.4 is 15.2 Å². The Hall–Kier alpha value is -3.98. The molecule has 0 aliphatic carbocycles. The molecule has 0 heterocycles. The molecule has 0 unspecified atom stereocenters. The summed E-state index contributed by atoms with van der Waals surface area (Å²) in [6.45, 7) is 0. The summed E-state index contributed by atoms with van der Waals surface area (Å²) in [7, 11) is 3.38. The minimum absolute atomic E-state index is 0.758. The van der Waals surface area contributed by atoms with Crippen molar-refractivity contribution in [2.75, 3.05) is 20.0 Å². The molecule has 152 valence electrons. The number of benzene rings is 5. The molecule has 5 aromatic carbocycles. The molecule has 0 fully saturated rings. The first-order chi connectivity index (χ1) is 15.2. The van der Waals surface area contributed by atoms with Crippen molar-refractivity contribution >= 4 is 27.2 Å². The SMILES string of the molecule is COc1ccc2c(-c3ccc(N)c(-c4cccc5cc(OC)ccc45)c3)cccc2c1. The summed E-state index contributed by atoms with van der Waals surface area (Å²) in [5, 5.41) is 4.60. The van der Waals surface area contributed by atoms with Gasteiger partial charge in [-0.05, 0) is 74.6 Å². The normalized spacial score (nSPS) is 11.0. The number of anilines is 1. The lowest BCUT2D eigenvalue weighted by atomic mass is 9.92. The Morgan fingerprint density at radius 3 is 1.74 bits per heavy atom. The van der Waals surface area contributed by atoms with Gasteiger partial charge in [-0.2, -0.15) is 0 Å². The first-order valence-electron chi connectivity index (χ1n) is 10.2. The second kappa shape index (κ2) is 7.69. The Bertz CT molecular complexity index is 1420. The lowest BCUT2D eigenvalue weighted by Gasteiger charge is -2.14. The lowest BCUT2D eigenvalue weighted by Crippen LogP contribution is -1.93. The van der Waals surface area contributed by atoms with Crippen molar-refractivity contribution in [2.45, 2.75) is 0 Å². The third-order valence-electron chi connectivity index (χ3n) is 5.83. The summed E-state index contributed by atoms with van der Waals surface area (Å²) >= 11 is 0. The van der Waals surface area contributed by atoms with Gasteiger partial charge in [-0.1, -0.05) is 54.6 Å². The lowest BCUT2D eigenvalue weighted by molar-refractivity contribution is 0.415. The summed E-state index contributed by atoms with van der Waals surface area (Å²) in [4.78, 5) is 0. The molecule has 0 atom stereocenters. The van der Waals surface area contributed by atoms with Crippen molar-refractivity contribution in [3.05, 3.63) is 91.0 Å². The van der Waals surface area contributed by atoms with Crippen LogP contribution in [0.4, 0.5) is 5.69 Å². The van der Waals surface area contributed by atoms with E-state index in [1.807, 2.05) is 18.2 Å². The van der Waals surface area contributed by atoms with Crippen molar-refractivity contribution in [3.63, 3.8) is 0 Å². The van der Waals surface area contributed by atoms with E-state index in [0.717, 1.165) is 50.0 Å². The third kappa shape index (κ3) is 3.34.